The van der Waals surface area contributed by atoms with Crippen molar-refractivity contribution in [2.75, 3.05) is 0 Å². The molecule has 0 saturated carbocycles. The van der Waals surface area contributed by atoms with Crippen LogP contribution in [0.4, 0.5) is 4.39 Å². The van der Waals surface area contributed by atoms with Gasteiger partial charge in [-0.1, -0.05) is 0 Å². The minimum atomic E-state index is -1.31. The molecule has 1 N–H and O–H groups in total. The lowest BCUT2D eigenvalue weighted by Gasteiger charge is -1.81. The molecule has 0 unspecified atom stereocenters. The first-order valence-electron chi connectivity index (χ1n) is 2.58. The van der Waals surface area contributed by atoms with Crippen molar-refractivity contribution >= 4 is 12.0 Å². The van der Waals surface area contributed by atoms with Crippen molar-refractivity contribution in [2.45, 2.75) is 0 Å². The van der Waals surface area contributed by atoms with E-state index in [1.165, 1.54) is 0 Å². The first-order valence-corrected chi connectivity index (χ1v) is 2.58. The van der Waals surface area contributed by atoms with E-state index in [9.17, 15) is 9.18 Å². The van der Waals surface area contributed by atoms with Gasteiger partial charge in [0.25, 0.3) is 0 Å². The predicted molar refractivity (Wildman–Crippen MR) is 31.4 cm³/mol. The summed E-state index contributed by atoms with van der Waals surface area (Å²) in [5.74, 6) is -1.31. The van der Waals surface area contributed by atoms with E-state index in [1.54, 1.807) is 0 Å². The maximum atomic E-state index is 11.5. The van der Waals surface area contributed by atoms with E-state index in [1.807, 2.05) is 0 Å². The number of aromatic carboxylic acids is 1. The lowest BCUT2D eigenvalue weighted by molar-refractivity contribution is 0.0685. The molecule has 0 saturated heterocycles. The third-order valence-electron chi connectivity index (χ3n) is 0.937. The fraction of sp³-hybridized carbons (Fsp3) is 0. The zero-order valence-corrected chi connectivity index (χ0v) is 5.19. The molecule has 6 heteroatoms. The molecule has 0 radical (unpaired) electrons. The highest BCUT2D eigenvalue weighted by Gasteiger charge is 2.14. The van der Waals surface area contributed by atoms with Crippen LogP contribution in [0.25, 0.3) is 6.08 Å². The summed E-state index contributed by atoms with van der Waals surface area (Å²) in [6.45, 7) is 0. The number of nitrogens with zero attached hydrogens (tertiary/aromatic N) is 2. The van der Waals surface area contributed by atoms with Gasteiger partial charge in [0.2, 0.25) is 5.69 Å². The molecule has 1 aromatic heterocycles. The van der Waals surface area contributed by atoms with E-state index in [0.717, 1.165) is 6.08 Å². The maximum absolute atomic E-state index is 11.5. The fourth-order valence-corrected chi connectivity index (χ4v) is 0.513. The van der Waals surface area contributed by atoms with Crippen molar-refractivity contribution < 1.29 is 18.9 Å². The predicted octanol–water partition coefficient (Wildman–Crippen LogP) is 0.708. The van der Waals surface area contributed by atoms with Crippen LogP contribution in [0.15, 0.2) is 11.0 Å². The molecular formula is C5H3FN2O3. The molecule has 0 aliphatic rings. The van der Waals surface area contributed by atoms with E-state index in [4.69, 9.17) is 5.11 Å². The largest absolute Gasteiger partial charge is 0.476 e. The number of aromatic nitrogens is 2. The van der Waals surface area contributed by atoms with Crippen molar-refractivity contribution in [1.82, 2.24) is 10.3 Å². The van der Waals surface area contributed by atoms with E-state index >= 15 is 0 Å². The molecule has 58 valence electrons. The molecule has 1 heterocycles. The van der Waals surface area contributed by atoms with Crippen molar-refractivity contribution in [3.05, 3.63) is 17.7 Å². The Balaban J connectivity index is 3.05. The Labute approximate surface area is 60.1 Å². The minimum Gasteiger partial charge on any atom is -0.476 e. The molecule has 0 bridgehead atoms. The average Bonchev–Trinajstić information content (AvgIpc) is 2.36. The third kappa shape index (κ3) is 1.40. The smallest absolute Gasteiger partial charge is 0.360 e. The average molecular weight is 158 g/mol. The Morgan fingerprint density at radius 1 is 1.64 bits per heavy atom. The SMILES string of the molecule is O=C(O)c1nonc1/C=C/F. The van der Waals surface area contributed by atoms with Gasteiger partial charge in [-0.25, -0.2) is 13.8 Å². The molecular weight excluding hydrogens is 155 g/mol. The molecule has 11 heavy (non-hydrogen) atoms. The van der Waals surface area contributed by atoms with Gasteiger partial charge >= 0.3 is 5.97 Å². The zero-order chi connectivity index (χ0) is 8.27. The van der Waals surface area contributed by atoms with Crippen LogP contribution in [0.5, 0.6) is 0 Å². The van der Waals surface area contributed by atoms with Crippen LogP contribution in [0.3, 0.4) is 0 Å². The first kappa shape index (κ1) is 7.39. The Kier molecular flexibility index (Phi) is 1.95. The molecule has 1 rings (SSSR count). The minimum absolute atomic E-state index is 0.139. The molecule has 0 aliphatic carbocycles. The first-order chi connectivity index (χ1) is 5.25. The van der Waals surface area contributed by atoms with Gasteiger partial charge in [0.15, 0.2) is 0 Å². The summed E-state index contributed by atoms with van der Waals surface area (Å²) < 4.78 is 15.6. The van der Waals surface area contributed by atoms with E-state index in [-0.39, 0.29) is 12.0 Å². The van der Waals surface area contributed by atoms with Crippen LogP contribution >= 0.6 is 0 Å². The van der Waals surface area contributed by atoms with Crippen molar-refractivity contribution in [1.29, 1.82) is 0 Å². The van der Waals surface area contributed by atoms with Gasteiger partial charge < -0.3 is 5.11 Å². The van der Waals surface area contributed by atoms with E-state index in [2.05, 4.69) is 14.9 Å². The normalized spacial score (nSPS) is 10.6. The second kappa shape index (κ2) is 2.91. The summed E-state index contributed by atoms with van der Waals surface area (Å²) in [6.07, 6.45) is 1.01. The molecule has 1 aromatic rings. The monoisotopic (exact) mass is 158 g/mol. The quantitative estimate of drug-likeness (QED) is 0.685. The highest BCUT2D eigenvalue weighted by atomic mass is 19.1. The summed E-state index contributed by atoms with van der Waals surface area (Å²) in [5.41, 5.74) is -0.543. The van der Waals surface area contributed by atoms with Crippen molar-refractivity contribution in [3.63, 3.8) is 0 Å². The third-order valence-corrected chi connectivity index (χ3v) is 0.937. The summed E-state index contributed by atoms with van der Waals surface area (Å²) >= 11 is 0. The maximum Gasteiger partial charge on any atom is 0.360 e. The van der Waals surface area contributed by atoms with Crippen LogP contribution in [0, 0.1) is 0 Å². The number of carbonyl (C=O) groups is 1. The molecule has 0 aromatic carbocycles. The number of carboxylic acids is 1. The van der Waals surface area contributed by atoms with Crippen LogP contribution in [0.2, 0.25) is 0 Å². The highest BCUT2D eigenvalue weighted by Crippen LogP contribution is 2.04. The number of hydrogen-bond donors (Lipinski definition) is 1. The molecule has 0 fully saturated rings. The van der Waals surface area contributed by atoms with Gasteiger partial charge in [-0.3, -0.25) is 0 Å². The van der Waals surface area contributed by atoms with Gasteiger partial charge in [-0.15, -0.1) is 0 Å². The number of hydrogen-bond acceptors (Lipinski definition) is 4. The van der Waals surface area contributed by atoms with Crippen LogP contribution in [0.1, 0.15) is 16.2 Å². The van der Waals surface area contributed by atoms with E-state index in [0.29, 0.717) is 0 Å². The van der Waals surface area contributed by atoms with Crippen LogP contribution < -0.4 is 0 Å². The Morgan fingerprint density at radius 3 is 2.91 bits per heavy atom. The molecule has 0 spiro atoms. The lowest BCUT2D eigenvalue weighted by atomic mass is 10.3. The second-order valence-electron chi connectivity index (χ2n) is 1.60. The Morgan fingerprint density at radius 2 is 2.36 bits per heavy atom. The number of halogens is 1. The standard InChI is InChI=1S/C5H3FN2O3/c6-2-1-3-4(5(9)10)8-11-7-3/h1-2H,(H,9,10)/b2-1+. The molecule has 5 nitrogen and oxygen atoms in total. The summed E-state index contributed by atoms with van der Waals surface area (Å²) in [4.78, 5) is 10.2. The van der Waals surface area contributed by atoms with Crippen molar-refractivity contribution in [3.8, 4) is 0 Å². The van der Waals surface area contributed by atoms with Gasteiger partial charge in [0.1, 0.15) is 5.69 Å². The van der Waals surface area contributed by atoms with Gasteiger partial charge in [-0.2, -0.15) is 0 Å². The number of rotatable bonds is 2. The fourth-order valence-electron chi connectivity index (χ4n) is 0.513. The zero-order valence-electron chi connectivity index (χ0n) is 5.19. The van der Waals surface area contributed by atoms with Crippen LogP contribution in [-0.4, -0.2) is 21.4 Å². The summed E-state index contributed by atoms with van der Waals surface area (Å²) in [5, 5.41) is 14.5. The summed E-state index contributed by atoms with van der Waals surface area (Å²) in [6, 6.07) is 0. The van der Waals surface area contributed by atoms with Crippen molar-refractivity contribution in [2.24, 2.45) is 0 Å². The van der Waals surface area contributed by atoms with Gasteiger partial charge in [-0.05, 0) is 16.4 Å². The van der Waals surface area contributed by atoms with Gasteiger partial charge in [0.05, 0.1) is 6.33 Å². The molecule has 0 amide bonds. The molecule has 0 aliphatic heterocycles. The van der Waals surface area contributed by atoms with Gasteiger partial charge in [0, 0.05) is 0 Å². The van der Waals surface area contributed by atoms with E-state index < -0.39 is 11.7 Å². The van der Waals surface area contributed by atoms with Crippen LogP contribution in [-0.2, 0) is 0 Å². The topological polar surface area (TPSA) is 76.2 Å². The summed E-state index contributed by atoms with van der Waals surface area (Å²) in [7, 11) is 0. The Bertz CT molecular complexity index is 294. The number of carboxylic acid groups (broad SMARTS) is 1. The highest BCUT2D eigenvalue weighted by molar-refractivity contribution is 5.88. The lowest BCUT2D eigenvalue weighted by Crippen LogP contribution is -1.98. The Hall–Kier alpha value is -1.72. The molecule has 0 atom stereocenters. The second-order valence-corrected chi connectivity index (χ2v) is 1.60.